The lowest BCUT2D eigenvalue weighted by Gasteiger charge is -2.03. The van der Waals surface area contributed by atoms with Crippen molar-refractivity contribution in [1.82, 2.24) is 10.3 Å². The van der Waals surface area contributed by atoms with E-state index in [1.54, 1.807) is 0 Å². The summed E-state index contributed by atoms with van der Waals surface area (Å²) >= 11 is 1.27. The zero-order valence-electron chi connectivity index (χ0n) is 16.2. The number of hydrogen-bond donors (Lipinski definition) is 4. The highest BCUT2D eigenvalue weighted by Gasteiger charge is 2.38. The third-order valence-corrected chi connectivity index (χ3v) is 4.68. The van der Waals surface area contributed by atoms with Crippen LogP contribution >= 0.6 is 11.3 Å². The van der Waals surface area contributed by atoms with Crippen LogP contribution in [0.25, 0.3) is 10.2 Å². The molecule has 0 aliphatic carbocycles. The largest absolute Gasteiger partial charge is 0.490 e. The highest BCUT2D eigenvalue weighted by molar-refractivity contribution is 7.21. The number of rotatable bonds is 7. The molecule has 0 unspecified atom stereocenters. The first-order valence-corrected chi connectivity index (χ1v) is 9.62. The number of alkyl halides is 3. The van der Waals surface area contributed by atoms with Gasteiger partial charge in [0.2, 0.25) is 0 Å². The van der Waals surface area contributed by atoms with Crippen molar-refractivity contribution in [3.05, 3.63) is 22.7 Å². The van der Waals surface area contributed by atoms with Gasteiger partial charge in [-0.25, -0.2) is 9.78 Å². The molecule has 1 amide bonds. The summed E-state index contributed by atoms with van der Waals surface area (Å²) in [5.74, 6) is -3.40. The van der Waals surface area contributed by atoms with Crippen molar-refractivity contribution in [1.29, 1.82) is 0 Å². The number of nitrogens with two attached hydrogens (primary N) is 1. The molecule has 2 aromatic rings. The van der Waals surface area contributed by atoms with Crippen molar-refractivity contribution in [2.75, 3.05) is 12.3 Å². The summed E-state index contributed by atoms with van der Waals surface area (Å²) in [7, 11) is 0. The average molecular weight is 449 g/mol. The predicted molar refractivity (Wildman–Crippen MR) is 105 cm³/mol. The van der Waals surface area contributed by atoms with E-state index in [-0.39, 0.29) is 12.3 Å². The smallest absolute Gasteiger partial charge is 0.481 e. The normalized spacial score (nSPS) is 11.1. The van der Waals surface area contributed by atoms with E-state index in [4.69, 9.17) is 20.7 Å². The van der Waals surface area contributed by atoms with E-state index < -0.39 is 18.1 Å². The number of aliphatic carboxylic acids is 2. The van der Waals surface area contributed by atoms with Crippen LogP contribution in [0, 0.1) is 5.92 Å². The Balaban J connectivity index is 0.000000553. The van der Waals surface area contributed by atoms with E-state index in [0.29, 0.717) is 29.4 Å². The number of carboxylic acids is 2. The Labute approximate surface area is 173 Å². The van der Waals surface area contributed by atoms with Gasteiger partial charge in [-0.15, -0.1) is 11.3 Å². The Morgan fingerprint density at radius 3 is 2.33 bits per heavy atom. The summed E-state index contributed by atoms with van der Waals surface area (Å²) in [6.07, 6.45) is -3.78. The van der Waals surface area contributed by atoms with Gasteiger partial charge in [0.1, 0.15) is 9.71 Å². The lowest BCUT2D eigenvalue weighted by molar-refractivity contribution is -0.192. The van der Waals surface area contributed by atoms with E-state index in [9.17, 15) is 22.8 Å². The van der Waals surface area contributed by atoms with Crippen LogP contribution < -0.4 is 11.1 Å². The first kappa shape index (κ1) is 25.1. The number of aromatic nitrogens is 1. The molecular weight excluding hydrogens is 427 g/mol. The number of nitrogens with zero attached hydrogens (tertiary/aromatic N) is 1. The number of hydrogen-bond acceptors (Lipinski definition) is 6. The molecule has 0 saturated carbocycles. The number of pyridine rings is 1. The lowest BCUT2D eigenvalue weighted by Crippen LogP contribution is -2.24. The maximum Gasteiger partial charge on any atom is 0.490 e. The van der Waals surface area contributed by atoms with E-state index in [2.05, 4.69) is 24.1 Å². The SMILES string of the molecule is CC(C)Cc1ccc2c(N)c(C(=O)NCCCC(=O)O)sc2n1.O=C(O)C(F)(F)F. The van der Waals surface area contributed by atoms with E-state index in [1.807, 2.05) is 12.1 Å². The molecule has 0 aliphatic rings. The van der Waals surface area contributed by atoms with Crippen LogP contribution in [0.15, 0.2) is 12.1 Å². The number of nitrogens with one attached hydrogen (secondary N) is 1. The van der Waals surface area contributed by atoms with Gasteiger partial charge in [-0.2, -0.15) is 13.2 Å². The van der Waals surface area contributed by atoms with Crippen molar-refractivity contribution in [3.8, 4) is 0 Å². The molecule has 30 heavy (non-hydrogen) atoms. The number of carboxylic acid groups (broad SMARTS) is 2. The molecule has 8 nitrogen and oxygen atoms in total. The van der Waals surface area contributed by atoms with E-state index >= 15 is 0 Å². The Kier molecular flexibility index (Phi) is 9.02. The second kappa shape index (κ2) is 10.8. The summed E-state index contributed by atoms with van der Waals surface area (Å²) in [6, 6.07) is 3.85. The van der Waals surface area contributed by atoms with Crippen LogP contribution in [0.1, 0.15) is 42.1 Å². The number of amides is 1. The summed E-state index contributed by atoms with van der Waals surface area (Å²) < 4.78 is 31.7. The molecule has 12 heteroatoms. The van der Waals surface area contributed by atoms with Gasteiger partial charge in [0.05, 0.1) is 5.69 Å². The fourth-order valence-corrected chi connectivity index (χ4v) is 3.29. The van der Waals surface area contributed by atoms with Crippen LogP contribution in [0.3, 0.4) is 0 Å². The molecule has 0 bridgehead atoms. The zero-order valence-corrected chi connectivity index (χ0v) is 17.1. The van der Waals surface area contributed by atoms with Gasteiger partial charge in [0, 0.05) is 24.0 Å². The van der Waals surface area contributed by atoms with Crippen molar-refractivity contribution >= 4 is 45.1 Å². The zero-order chi connectivity index (χ0) is 23.1. The molecule has 0 saturated heterocycles. The summed E-state index contributed by atoms with van der Waals surface area (Å²) in [4.78, 5) is 37.3. The number of thiophene rings is 1. The number of nitrogen functional groups attached to an aromatic ring is 1. The second-order valence-electron chi connectivity index (χ2n) is 6.65. The molecule has 166 valence electrons. The lowest BCUT2D eigenvalue weighted by atomic mass is 10.1. The quantitative estimate of drug-likeness (QED) is 0.475. The topological polar surface area (TPSA) is 143 Å². The third kappa shape index (κ3) is 7.85. The van der Waals surface area contributed by atoms with E-state index in [0.717, 1.165) is 22.3 Å². The van der Waals surface area contributed by atoms with Crippen LogP contribution in [0.4, 0.5) is 18.9 Å². The molecule has 0 aliphatic heterocycles. The van der Waals surface area contributed by atoms with Gasteiger partial charge in [-0.05, 0) is 30.9 Å². The molecule has 0 fully saturated rings. The minimum Gasteiger partial charge on any atom is -0.481 e. The molecule has 0 radical (unpaired) electrons. The first-order chi connectivity index (χ1) is 13.8. The monoisotopic (exact) mass is 449 g/mol. The van der Waals surface area contributed by atoms with Crippen LogP contribution in [0.2, 0.25) is 0 Å². The molecule has 5 N–H and O–H groups in total. The van der Waals surface area contributed by atoms with Gasteiger partial charge in [-0.3, -0.25) is 9.59 Å². The van der Waals surface area contributed by atoms with Crippen molar-refractivity contribution in [2.24, 2.45) is 5.92 Å². The number of carbonyl (C=O) groups excluding carboxylic acids is 1. The highest BCUT2D eigenvalue weighted by atomic mass is 32.1. The minimum atomic E-state index is -5.08. The molecular formula is C18H22F3N3O5S. The third-order valence-electron chi connectivity index (χ3n) is 3.57. The van der Waals surface area contributed by atoms with E-state index in [1.165, 1.54) is 11.3 Å². The Hall–Kier alpha value is -2.89. The summed E-state index contributed by atoms with van der Waals surface area (Å²) in [6.45, 7) is 4.57. The maximum absolute atomic E-state index is 12.2. The molecule has 2 aromatic heterocycles. The maximum atomic E-state index is 12.2. The van der Waals surface area contributed by atoms with Gasteiger partial charge < -0.3 is 21.3 Å². The standard InChI is InChI=1S/C16H21N3O3S.C2HF3O2/c1-9(2)8-10-5-6-11-13(17)14(23-16(11)19-10)15(22)18-7-3-4-12(20)21;3-2(4,5)1(6)7/h5-6,9H,3-4,7-8,17H2,1-2H3,(H,18,22)(H,20,21);(H,6,7). The molecule has 2 heterocycles. The van der Waals surface area contributed by atoms with Crippen LogP contribution in [-0.4, -0.2) is 45.8 Å². The van der Waals surface area contributed by atoms with Gasteiger partial charge in [0.15, 0.2) is 0 Å². The molecule has 2 rings (SSSR count). The van der Waals surface area contributed by atoms with Crippen molar-refractivity contribution in [2.45, 2.75) is 39.3 Å². The second-order valence-corrected chi connectivity index (χ2v) is 7.65. The fraction of sp³-hybridized carbons (Fsp3) is 0.444. The number of halogens is 3. The Bertz CT molecular complexity index is 912. The van der Waals surface area contributed by atoms with Crippen LogP contribution in [-0.2, 0) is 16.0 Å². The number of anilines is 1. The molecule has 0 spiro atoms. The minimum absolute atomic E-state index is 0.0301. The number of carbonyl (C=O) groups is 3. The fourth-order valence-electron chi connectivity index (χ4n) is 2.26. The Morgan fingerprint density at radius 1 is 1.23 bits per heavy atom. The summed E-state index contributed by atoms with van der Waals surface area (Å²) in [5, 5.41) is 19.2. The number of fused-ring (bicyclic) bond motifs is 1. The Morgan fingerprint density at radius 2 is 1.83 bits per heavy atom. The summed E-state index contributed by atoms with van der Waals surface area (Å²) in [5.41, 5.74) is 7.48. The molecule has 0 atom stereocenters. The van der Waals surface area contributed by atoms with Gasteiger partial charge >= 0.3 is 18.1 Å². The van der Waals surface area contributed by atoms with Gasteiger partial charge in [-0.1, -0.05) is 13.8 Å². The van der Waals surface area contributed by atoms with Crippen molar-refractivity contribution < 1.29 is 37.8 Å². The average Bonchev–Trinajstić information content (AvgIpc) is 2.94. The predicted octanol–water partition coefficient (Wildman–Crippen LogP) is 3.30. The van der Waals surface area contributed by atoms with Crippen molar-refractivity contribution in [3.63, 3.8) is 0 Å². The van der Waals surface area contributed by atoms with Crippen LogP contribution in [0.5, 0.6) is 0 Å². The first-order valence-electron chi connectivity index (χ1n) is 8.80. The van der Waals surface area contributed by atoms with Gasteiger partial charge in [0.25, 0.3) is 5.91 Å². The highest BCUT2D eigenvalue weighted by Crippen LogP contribution is 2.32. The molecule has 0 aromatic carbocycles.